The van der Waals surface area contributed by atoms with Crippen LogP contribution in [0.2, 0.25) is 0 Å². The molecule has 9 heteroatoms. The predicted molar refractivity (Wildman–Crippen MR) is 119 cm³/mol. The van der Waals surface area contributed by atoms with Crippen molar-refractivity contribution in [3.8, 4) is 0 Å². The second-order valence-electron chi connectivity index (χ2n) is 5.91. The highest BCUT2D eigenvalue weighted by Crippen LogP contribution is 2.22. The van der Waals surface area contributed by atoms with E-state index >= 15 is 0 Å². The molecule has 2 rings (SSSR count). The summed E-state index contributed by atoms with van der Waals surface area (Å²) in [7, 11) is -6.68. The van der Waals surface area contributed by atoms with Crippen molar-refractivity contribution in [1.29, 1.82) is 0 Å². The van der Waals surface area contributed by atoms with E-state index in [9.17, 15) is 0 Å². The van der Waals surface area contributed by atoms with E-state index in [4.69, 9.17) is 26.6 Å². The molecule has 0 saturated carbocycles. The van der Waals surface area contributed by atoms with E-state index in [0.717, 1.165) is 18.0 Å². The van der Waals surface area contributed by atoms with Gasteiger partial charge in [-0.05, 0) is 49.6 Å². The summed E-state index contributed by atoms with van der Waals surface area (Å²) in [6.07, 6.45) is 2.16. The molecule has 0 heterocycles. The minimum atomic E-state index is -3.83. The Morgan fingerprint density at radius 3 is 1.93 bits per heavy atom. The monoisotopic (exact) mass is 446 g/mol. The van der Waals surface area contributed by atoms with Crippen LogP contribution in [0, 0.1) is 0 Å². The van der Waals surface area contributed by atoms with Gasteiger partial charge in [-0.1, -0.05) is 43.7 Å². The Labute approximate surface area is 173 Å². The molecule has 0 aliphatic heterocycles. The molecule has 0 bridgehead atoms. The summed E-state index contributed by atoms with van der Waals surface area (Å²) >= 11 is 3.47. The van der Waals surface area contributed by atoms with Gasteiger partial charge in [0.05, 0.1) is 0 Å². The van der Waals surface area contributed by atoms with Gasteiger partial charge in [0.25, 0.3) is 9.05 Å². The SMILES string of the molecule is CCCc1cc([Si](OCC)(OCC)OCC)cc2ccccc12.O=S(O)(O)=S. The van der Waals surface area contributed by atoms with Crippen molar-refractivity contribution in [3.63, 3.8) is 0 Å². The average Bonchev–Trinajstić information content (AvgIpc) is 2.61. The maximum Gasteiger partial charge on any atom is 0.537 e. The van der Waals surface area contributed by atoms with Crippen molar-refractivity contribution >= 4 is 45.0 Å². The van der Waals surface area contributed by atoms with Gasteiger partial charge in [0, 0.05) is 36.2 Å². The quantitative estimate of drug-likeness (QED) is 0.568. The van der Waals surface area contributed by atoms with Crippen LogP contribution < -0.4 is 5.19 Å². The molecule has 0 spiro atoms. The Balaban J connectivity index is 0.000000696. The van der Waals surface area contributed by atoms with E-state index in [1.54, 1.807) is 0 Å². The number of hydrogen-bond acceptors (Lipinski definition) is 5. The van der Waals surface area contributed by atoms with Gasteiger partial charge in [-0.15, -0.1) is 0 Å². The summed E-state index contributed by atoms with van der Waals surface area (Å²) in [5, 5.41) is 3.61. The Hall–Kier alpha value is -0.913. The van der Waals surface area contributed by atoms with Gasteiger partial charge in [0.1, 0.15) is 0 Å². The molecule has 2 N–H and O–H groups in total. The van der Waals surface area contributed by atoms with Crippen LogP contribution in [0.15, 0.2) is 36.4 Å². The van der Waals surface area contributed by atoms with Crippen molar-refractivity contribution in [1.82, 2.24) is 0 Å². The van der Waals surface area contributed by atoms with Crippen molar-refractivity contribution in [2.75, 3.05) is 19.8 Å². The molecule has 0 fully saturated rings. The molecule has 0 aliphatic rings. The second kappa shape index (κ2) is 11.9. The molecule has 28 heavy (non-hydrogen) atoms. The van der Waals surface area contributed by atoms with E-state index in [-0.39, 0.29) is 0 Å². The van der Waals surface area contributed by atoms with E-state index in [1.807, 2.05) is 20.8 Å². The zero-order valence-electron chi connectivity index (χ0n) is 16.8. The molecule has 0 saturated heterocycles. The number of hydrogen-bond donors (Lipinski definition) is 2. The van der Waals surface area contributed by atoms with Crippen LogP contribution in [0.25, 0.3) is 10.8 Å². The van der Waals surface area contributed by atoms with Crippen LogP contribution in [-0.2, 0) is 39.9 Å². The van der Waals surface area contributed by atoms with E-state index in [0.29, 0.717) is 19.8 Å². The zero-order chi connectivity index (χ0) is 21.2. The van der Waals surface area contributed by atoms with Crippen LogP contribution >= 0.6 is 0 Å². The second-order valence-corrected chi connectivity index (χ2v) is 10.7. The van der Waals surface area contributed by atoms with Crippen molar-refractivity contribution in [2.24, 2.45) is 0 Å². The summed E-state index contributed by atoms with van der Waals surface area (Å²) < 4.78 is 42.2. The van der Waals surface area contributed by atoms with Crippen LogP contribution in [0.1, 0.15) is 39.7 Å². The maximum absolute atomic E-state index is 9.11. The lowest BCUT2D eigenvalue weighted by Crippen LogP contribution is -2.57. The third-order valence-electron chi connectivity index (χ3n) is 3.82. The number of fused-ring (bicyclic) bond motifs is 1. The van der Waals surface area contributed by atoms with Crippen molar-refractivity contribution in [2.45, 2.75) is 40.5 Å². The van der Waals surface area contributed by atoms with Gasteiger partial charge in [-0.2, -0.15) is 4.21 Å². The first-order chi connectivity index (χ1) is 13.2. The Morgan fingerprint density at radius 2 is 1.46 bits per heavy atom. The van der Waals surface area contributed by atoms with Gasteiger partial charge in [-0.3, -0.25) is 9.11 Å². The van der Waals surface area contributed by atoms with E-state index in [1.165, 1.54) is 16.3 Å². The van der Waals surface area contributed by atoms with Gasteiger partial charge < -0.3 is 13.3 Å². The van der Waals surface area contributed by atoms with Gasteiger partial charge in [0.2, 0.25) is 0 Å². The normalized spacial score (nSPS) is 11.9. The first kappa shape index (κ1) is 25.1. The minimum Gasteiger partial charge on any atom is -0.370 e. The third-order valence-corrected chi connectivity index (χ3v) is 6.83. The summed E-state index contributed by atoms with van der Waals surface area (Å²) in [5.74, 6) is 0. The fourth-order valence-electron chi connectivity index (χ4n) is 2.99. The molecule has 0 unspecified atom stereocenters. The van der Waals surface area contributed by atoms with Crippen LogP contribution in [-0.4, -0.2) is 41.9 Å². The smallest absolute Gasteiger partial charge is 0.370 e. The Kier molecular flexibility index (Phi) is 10.7. The molecule has 0 aliphatic carbocycles. The van der Waals surface area contributed by atoms with E-state index in [2.05, 4.69) is 54.5 Å². The largest absolute Gasteiger partial charge is 0.537 e. The fraction of sp³-hybridized carbons (Fsp3) is 0.474. The zero-order valence-corrected chi connectivity index (χ0v) is 19.5. The molecule has 158 valence electrons. The first-order valence-corrected chi connectivity index (χ1v) is 13.5. The highest BCUT2D eigenvalue weighted by Gasteiger charge is 2.43. The van der Waals surface area contributed by atoms with E-state index < -0.39 is 17.9 Å². The molecule has 0 amide bonds. The van der Waals surface area contributed by atoms with Gasteiger partial charge in [0.15, 0.2) is 0 Å². The topological polar surface area (TPSA) is 85.2 Å². The molecule has 2 aromatic rings. The lowest BCUT2D eigenvalue weighted by atomic mass is 10.0. The Morgan fingerprint density at radius 1 is 0.964 bits per heavy atom. The van der Waals surface area contributed by atoms with Gasteiger partial charge in [-0.25, -0.2) is 0 Å². The third kappa shape index (κ3) is 7.84. The highest BCUT2D eigenvalue weighted by molar-refractivity contribution is 8.26. The summed E-state index contributed by atoms with van der Waals surface area (Å²) in [4.78, 5) is 0. The summed E-state index contributed by atoms with van der Waals surface area (Å²) in [5.41, 5.74) is 1.34. The van der Waals surface area contributed by atoms with Crippen molar-refractivity contribution < 1.29 is 26.6 Å². The van der Waals surface area contributed by atoms with Crippen LogP contribution in [0.3, 0.4) is 0 Å². The van der Waals surface area contributed by atoms with Crippen molar-refractivity contribution in [3.05, 3.63) is 42.0 Å². The van der Waals surface area contributed by atoms with Crippen LogP contribution in [0.4, 0.5) is 0 Å². The molecule has 0 aromatic heterocycles. The first-order valence-electron chi connectivity index (χ1n) is 9.34. The summed E-state index contributed by atoms with van der Waals surface area (Å²) in [6.45, 7) is 9.95. The fourth-order valence-corrected chi connectivity index (χ4v) is 5.56. The van der Waals surface area contributed by atoms with Crippen LogP contribution in [0.5, 0.6) is 0 Å². The molecule has 6 nitrogen and oxygen atoms in total. The minimum absolute atomic E-state index is 0.585. The molecular formula is C19H30O6S2Si. The number of rotatable bonds is 9. The summed E-state index contributed by atoms with van der Waals surface area (Å²) in [6, 6.07) is 12.9. The predicted octanol–water partition coefficient (Wildman–Crippen LogP) is 3.73. The van der Waals surface area contributed by atoms with Gasteiger partial charge >= 0.3 is 8.80 Å². The molecule has 2 aromatic carbocycles. The molecule has 0 radical (unpaired) electrons. The number of benzene rings is 2. The average molecular weight is 447 g/mol. The maximum atomic E-state index is 9.11. The number of aryl methyl sites for hydroxylation is 1. The standard InChI is InChI=1S/C19H28O3Si.H2O3S2/c1-5-11-16-14-18(15-17-12-9-10-13-19(16)17)23(20-6-2,21-7-3)22-8-4;1-5(2,3)4/h9-10,12-15H,5-8,11H2,1-4H3;(H2,1,2,3,4). The Bertz CT molecular complexity index is 816. The highest BCUT2D eigenvalue weighted by atomic mass is 32.9. The lowest BCUT2D eigenvalue weighted by molar-refractivity contribution is 0.0859. The molecular weight excluding hydrogens is 416 g/mol. The lowest BCUT2D eigenvalue weighted by Gasteiger charge is -2.29. The molecule has 0 atom stereocenters.